The highest BCUT2D eigenvalue weighted by atomic mass is 35.7. The first-order chi connectivity index (χ1) is 8.80. The average Bonchev–Trinajstić information content (AvgIpc) is 2.21. The van der Waals surface area contributed by atoms with Crippen molar-refractivity contribution in [3.63, 3.8) is 0 Å². The fraction of sp³-hybridized carbons (Fsp3) is 0.364. The van der Waals surface area contributed by atoms with Gasteiger partial charge in [0.1, 0.15) is 16.3 Å². The smallest absolute Gasteiger partial charge is 0.264 e. The number of hydrogen-bond acceptors (Lipinski definition) is 3. The van der Waals surface area contributed by atoms with Gasteiger partial charge >= 0.3 is 0 Å². The lowest BCUT2D eigenvalue weighted by molar-refractivity contribution is 0.0907. The Morgan fingerprint density at radius 3 is 2.42 bits per heavy atom. The molecule has 1 aromatic rings. The largest absolute Gasteiger partial charge is 0.349 e. The summed E-state index contributed by atoms with van der Waals surface area (Å²) in [4.78, 5) is 10.8. The Hall–Kier alpha value is -1.21. The van der Waals surface area contributed by atoms with E-state index in [1.807, 2.05) is 0 Å². The van der Waals surface area contributed by atoms with Crippen molar-refractivity contribution in [3.8, 4) is 0 Å². The number of carbonyl (C=O) groups excluding carboxylic acids is 1. The summed E-state index contributed by atoms with van der Waals surface area (Å²) in [5.41, 5.74) is -0.923. The first-order valence-corrected chi connectivity index (χ1v) is 7.85. The number of hydrogen-bond donors (Lipinski definition) is 1. The van der Waals surface area contributed by atoms with Crippen LogP contribution in [0, 0.1) is 11.6 Å². The zero-order chi connectivity index (χ0) is 14.2. The quantitative estimate of drug-likeness (QED) is 0.870. The molecule has 0 atom stereocenters. The Morgan fingerprint density at radius 1 is 1.32 bits per heavy atom. The van der Waals surface area contributed by atoms with Gasteiger partial charge in [0.05, 0.1) is 0 Å². The number of carbonyl (C=O) groups is 1. The number of halogens is 3. The summed E-state index contributed by atoms with van der Waals surface area (Å²) in [5.74, 6) is -3.56. The first-order valence-electron chi connectivity index (χ1n) is 5.54. The molecule has 8 heteroatoms. The molecule has 104 valence electrons. The molecule has 19 heavy (non-hydrogen) atoms. The van der Waals surface area contributed by atoms with E-state index in [2.05, 4.69) is 5.32 Å². The van der Waals surface area contributed by atoms with Gasteiger partial charge in [-0.25, -0.2) is 17.2 Å². The van der Waals surface area contributed by atoms with E-state index in [9.17, 15) is 22.0 Å². The maximum Gasteiger partial charge on any atom is 0.264 e. The van der Waals surface area contributed by atoms with Crippen molar-refractivity contribution in [3.05, 3.63) is 29.3 Å². The van der Waals surface area contributed by atoms with Gasteiger partial charge in [-0.3, -0.25) is 4.79 Å². The van der Waals surface area contributed by atoms with Gasteiger partial charge in [-0.2, -0.15) is 0 Å². The minimum atomic E-state index is -4.38. The summed E-state index contributed by atoms with van der Waals surface area (Å²) in [6.07, 6.45) is 2.41. The standard InChI is InChI=1S/C11H10ClF2NO3S/c12-19(17,18)8-5-4-7(13)9(10(8)14)11(16)15-6-2-1-3-6/h4-6H,1-3H2,(H,15,16). The van der Waals surface area contributed by atoms with Crippen LogP contribution in [0.15, 0.2) is 17.0 Å². The Bertz CT molecular complexity index is 629. The van der Waals surface area contributed by atoms with E-state index in [1.54, 1.807) is 0 Å². The number of benzene rings is 1. The monoisotopic (exact) mass is 309 g/mol. The van der Waals surface area contributed by atoms with Gasteiger partial charge in [0, 0.05) is 16.7 Å². The molecule has 1 fully saturated rings. The normalized spacial score (nSPS) is 15.9. The molecule has 0 aromatic heterocycles. The SMILES string of the molecule is O=C(NC1CCC1)c1c(F)ccc(S(=O)(=O)Cl)c1F. The van der Waals surface area contributed by atoms with Crippen LogP contribution in [0.4, 0.5) is 8.78 Å². The van der Waals surface area contributed by atoms with Gasteiger partial charge in [0.2, 0.25) is 0 Å². The third-order valence-electron chi connectivity index (χ3n) is 2.99. The molecule has 0 heterocycles. The van der Waals surface area contributed by atoms with Crippen LogP contribution in [-0.4, -0.2) is 20.4 Å². The number of nitrogens with one attached hydrogen (secondary N) is 1. The van der Waals surface area contributed by atoms with Crippen LogP contribution in [0.25, 0.3) is 0 Å². The van der Waals surface area contributed by atoms with E-state index in [0.717, 1.165) is 19.3 Å². The zero-order valence-electron chi connectivity index (χ0n) is 9.62. The average molecular weight is 310 g/mol. The molecule has 1 aliphatic rings. The molecular formula is C11H10ClF2NO3S. The summed E-state index contributed by atoms with van der Waals surface area (Å²) in [7, 11) is 0.639. The third kappa shape index (κ3) is 2.87. The maximum atomic E-state index is 13.9. The van der Waals surface area contributed by atoms with Crippen LogP contribution in [0.3, 0.4) is 0 Å². The van der Waals surface area contributed by atoms with Crippen molar-refractivity contribution in [2.45, 2.75) is 30.2 Å². The summed E-state index contributed by atoms with van der Waals surface area (Å²) in [6.45, 7) is 0. The molecule has 0 aliphatic heterocycles. The lowest BCUT2D eigenvalue weighted by Gasteiger charge is -2.26. The van der Waals surface area contributed by atoms with Crippen molar-refractivity contribution in [1.82, 2.24) is 5.32 Å². The van der Waals surface area contributed by atoms with Crippen LogP contribution in [0.2, 0.25) is 0 Å². The highest BCUT2D eigenvalue weighted by Gasteiger charge is 2.28. The Balaban J connectivity index is 2.41. The van der Waals surface area contributed by atoms with Gasteiger partial charge in [0.25, 0.3) is 15.0 Å². The fourth-order valence-electron chi connectivity index (χ4n) is 1.74. The van der Waals surface area contributed by atoms with Crippen LogP contribution < -0.4 is 5.32 Å². The summed E-state index contributed by atoms with van der Waals surface area (Å²) < 4.78 is 49.6. The van der Waals surface area contributed by atoms with Gasteiger partial charge in [-0.1, -0.05) is 0 Å². The molecule has 1 saturated carbocycles. The molecule has 0 unspecified atom stereocenters. The predicted molar refractivity (Wildman–Crippen MR) is 64.5 cm³/mol. The number of amides is 1. The van der Waals surface area contributed by atoms with E-state index in [0.29, 0.717) is 12.1 Å². The Kier molecular flexibility index (Phi) is 3.78. The maximum absolute atomic E-state index is 13.9. The van der Waals surface area contributed by atoms with Crippen molar-refractivity contribution in [2.24, 2.45) is 0 Å². The summed E-state index contributed by atoms with van der Waals surface area (Å²) >= 11 is 0. The molecule has 0 spiro atoms. The minimum absolute atomic E-state index is 0.123. The Morgan fingerprint density at radius 2 is 1.95 bits per heavy atom. The minimum Gasteiger partial charge on any atom is -0.349 e. The molecule has 4 nitrogen and oxygen atoms in total. The van der Waals surface area contributed by atoms with Crippen molar-refractivity contribution in [2.75, 3.05) is 0 Å². The second kappa shape index (κ2) is 5.05. The van der Waals surface area contributed by atoms with E-state index < -0.39 is 37.1 Å². The van der Waals surface area contributed by atoms with Crippen molar-refractivity contribution in [1.29, 1.82) is 0 Å². The van der Waals surface area contributed by atoms with Crippen LogP contribution in [0.1, 0.15) is 29.6 Å². The van der Waals surface area contributed by atoms with E-state index in [-0.39, 0.29) is 6.04 Å². The van der Waals surface area contributed by atoms with E-state index >= 15 is 0 Å². The highest BCUT2D eigenvalue weighted by molar-refractivity contribution is 8.13. The predicted octanol–water partition coefficient (Wildman–Crippen LogP) is 2.17. The second-order valence-electron chi connectivity index (χ2n) is 4.27. The Labute approximate surface area is 113 Å². The van der Waals surface area contributed by atoms with Crippen molar-refractivity contribution < 1.29 is 22.0 Å². The number of rotatable bonds is 3. The second-order valence-corrected chi connectivity index (χ2v) is 6.81. The lowest BCUT2D eigenvalue weighted by atomic mass is 9.93. The molecule has 1 aliphatic carbocycles. The molecule has 2 rings (SSSR count). The van der Waals surface area contributed by atoms with Gasteiger partial charge in [0.15, 0.2) is 5.82 Å². The molecule has 0 bridgehead atoms. The van der Waals surface area contributed by atoms with Gasteiger partial charge in [-0.05, 0) is 31.4 Å². The van der Waals surface area contributed by atoms with Crippen LogP contribution >= 0.6 is 10.7 Å². The van der Waals surface area contributed by atoms with E-state index in [4.69, 9.17) is 10.7 Å². The van der Waals surface area contributed by atoms with Crippen LogP contribution in [0.5, 0.6) is 0 Å². The van der Waals surface area contributed by atoms with Crippen molar-refractivity contribution >= 4 is 25.6 Å². The highest BCUT2D eigenvalue weighted by Crippen LogP contribution is 2.25. The molecule has 0 radical (unpaired) electrons. The van der Waals surface area contributed by atoms with Crippen LogP contribution in [-0.2, 0) is 9.05 Å². The summed E-state index contributed by atoms with van der Waals surface area (Å²) in [6, 6.07) is 1.27. The fourth-order valence-corrected chi connectivity index (χ4v) is 2.64. The molecular weight excluding hydrogens is 300 g/mol. The van der Waals surface area contributed by atoms with Gasteiger partial charge < -0.3 is 5.32 Å². The molecule has 1 N–H and O–H groups in total. The van der Waals surface area contributed by atoms with E-state index in [1.165, 1.54) is 0 Å². The summed E-state index contributed by atoms with van der Waals surface area (Å²) in [5, 5.41) is 2.44. The van der Waals surface area contributed by atoms with Gasteiger partial charge in [-0.15, -0.1) is 0 Å². The third-order valence-corrected chi connectivity index (χ3v) is 4.33. The molecule has 1 amide bonds. The first kappa shape index (κ1) is 14.2. The lowest BCUT2D eigenvalue weighted by Crippen LogP contribution is -2.40. The zero-order valence-corrected chi connectivity index (χ0v) is 11.2. The molecule has 1 aromatic carbocycles. The molecule has 0 saturated heterocycles. The topological polar surface area (TPSA) is 63.2 Å².